The molecule has 0 fully saturated rings. The van der Waals surface area contributed by atoms with Crippen LogP contribution in [0.1, 0.15) is 38.1 Å². The molecule has 1 aromatic carbocycles. The van der Waals surface area contributed by atoms with Gasteiger partial charge in [0.2, 0.25) is 5.88 Å². The van der Waals surface area contributed by atoms with Gasteiger partial charge in [0.05, 0.1) is 28.5 Å². The van der Waals surface area contributed by atoms with Gasteiger partial charge < -0.3 is 14.5 Å². The quantitative estimate of drug-likeness (QED) is 0.588. The molecule has 3 rings (SSSR count). The maximum atomic E-state index is 12.5. The minimum atomic E-state index is -3.97. The van der Waals surface area contributed by atoms with Crippen molar-refractivity contribution < 1.29 is 28.0 Å². The van der Waals surface area contributed by atoms with Crippen LogP contribution < -0.4 is 9.56 Å². The normalized spacial score (nSPS) is 12.2. The summed E-state index contributed by atoms with van der Waals surface area (Å²) in [6, 6.07) is 4.26. The molecule has 0 spiro atoms. The van der Waals surface area contributed by atoms with Gasteiger partial charge >= 0.3 is 5.97 Å². The van der Waals surface area contributed by atoms with Crippen LogP contribution in [-0.2, 0) is 21.9 Å². The predicted octanol–water partition coefficient (Wildman–Crippen LogP) is 2.09. The Kier molecular flexibility index (Phi) is 5.11. The smallest absolute Gasteiger partial charge is 0.338 e. The van der Waals surface area contributed by atoms with Crippen molar-refractivity contribution >= 4 is 38.4 Å². The average Bonchev–Trinajstić information content (AvgIpc) is 3.16. The number of imidazole rings is 1. The van der Waals surface area contributed by atoms with Crippen molar-refractivity contribution in [1.82, 2.24) is 14.3 Å². The maximum absolute atomic E-state index is 12.5. The highest BCUT2D eigenvalue weighted by Crippen LogP contribution is 2.33. The first kappa shape index (κ1) is 21.4. The Morgan fingerprint density at radius 1 is 1.23 bits per heavy atom. The van der Waals surface area contributed by atoms with Crippen LogP contribution >= 0.6 is 0 Å². The topological polar surface area (TPSA) is 133 Å². The van der Waals surface area contributed by atoms with Crippen LogP contribution in [0.4, 0.5) is 5.69 Å². The summed E-state index contributed by atoms with van der Waals surface area (Å²) in [5.74, 6) is -1.63. The molecule has 0 aliphatic carbocycles. The molecule has 11 heteroatoms. The fourth-order valence-corrected chi connectivity index (χ4v) is 3.74. The molecular formula is C19H22N4O6S. The Morgan fingerprint density at radius 2 is 1.90 bits per heavy atom. The molecule has 0 saturated heterocycles. The molecule has 3 aromatic rings. The molecule has 2 aromatic heterocycles. The number of aryl methyl sites for hydroxylation is 1. The van der Waals surface area contributed by atoms with E-state index in [1.807, 2.05) is 0 Å². The lowest BCUT2D eigenvalue weighted by Gasteiger charge is -2.17. The molecule has 0 saturated carbocycles. The average molecular weight is 434 g/mol. The molecule has 0 bridgehead atoms. The number of Topliss-reactive ketones (excluding diaryl/α,β-unsaturated/α-hetero) is 1. The van der Waals surface area contributed by atoms with Crippen LogP contribution in [0.25, 0.3) is 10.9 Å². The number of hydrogen-bond acceptors (Lipinski definition) is 7. The zero-order valence-electron chi connectivity index (χ0n) is 17.1. The lowest BCUT2D eigenvalue weighted by Crippen LogP contribution is -2.31. The van der Waals surface area contributed by atoms with E-state index in [1.54, 1.807) is 27.8 Å². The van der Waals surface area contributed by atoms with Gasteiger partial charge in [0.1, 0.15) is 0 Å². The Morgan fingerprint density at radius 3 is 2.43 bits per heavy atom. The standard InChI is InChI=1S/C19H22N4O6S/c1-11(24)16-13-7-6-12(21-30(27,28)15-9-22(5)10-20-15)8-14(13)23(17(16)25)29-18(26)19(2,3)4/h6-10,21,25H,1-5H3. The van der Waals surface area contributed by atoms with Crippen LogP contribution in [0, 0.1) is 5.41 Å². The second kappa shape index (κ2) is 7.17. The number of nitrogens with one attached hydrogen (secondary N) is 1. The number of fused-ring (bicyclic) bond motifs is 1. The van der Waals surface area contributed by atoms with Gasteiger partial charge in [-0.1, -0.05) is 0 Å². The van der Waals surface area contributed by atoms with Crippen molar-refractivity contribution in [3.8, 4) is 5.88 Å². The van der Waals surface area contributed by atoms with Gasteiger partial charge in [-0.05, 0) is 45.9 Å². The number of hydrogen-bond donors (Lipinski definition) is 2. The van der Waals surface area contributed by atoms with Gasteiger partial charge in [-0.15, -0.1) is 4.73 Å². The summed E-state index contributed by atoms with van der Waals surface area (Å²) in [6.45, 7) is 6.17. The zero-order chi connectivity index (χ0) is 22.4. The number of anilines is 1. The Balaban J connectivity index is 2.11. The van der Waals surface area contributed by atoms with E-state index in [4.69, 9.17) is 4.84 Å². The van der Waals surface area contributed by atoms with Crippen LogP contribution in [0.3, 0.4) is 0 Å². The fourth-order valence-electron chi connectivity index (χ4n) is 2.71. The van der Waals surface area contributed by atoms with E-state index in [0.717, 1.165) is 4.73 Å². The molecule has 10 nitrogen and oxygen atoms in total. The van der Waals surface area contributed by atoms with Gasteiger partial charge in [0.15, 0.2) is 10.8 Å². The Labute approximate surface area is 173 Å². The van der Waals surface area contributed by atoms with E-state index in [-0.39, 0.29) is 21.8 Å². The first-order chi connectivity index (χ1) is 13.8. The highest BCUT2D eigenvalue weighted by Gasteiger charge is 2.29. The Hall–Kier alpha value is -3.34. The molecule has 0 aliphatic rings. The number of nitrogens with zero attached hydrogens (tertiary/aromatic N) is 3. The Bertz CT molecular complexity index is 1260. The van der Waals surface area contributed by atoms with Gasteiger partial charge in [-0.3, -0.25) is 9.52 Å². The molecule has 0 atom stereocenters. The van der Waals surface area contributed by atoms with Crippen LogP contribution in [0.15, 0.2) is 35.7 Å². The lowest BCUT2D eigenvalue weighted by atomic mass is 9.98. The van der Waals surface area contributed by atoms with Crippen LogP contribution in [0.5, 0.6) is 5.88 Å². The van der Waals surface area contributed by atoms with E-state index < -0.39 is 33.1 Å². The fraction of sp³-hybridized carbons (Fsp3) is 0.316. The monoisotopic (exact) mass is 434 g/mol. The maximum Gasteiger partial charge on any atom is 0.338 e. The molecule has 0 radical (unpaired) electrons. The van der Waals surface area contributed by atoms with Crippen molar-refractivity contribution in [2.45, 2.75) is 32.7 Å². The summed E-state index contributed by atoms with van der Waals surface area (Å²) >= 11 is 0. The number of rotatable bonds is 5. The molecular weight excluding hydrogens is 412 g/mol. The zero-order valence-corrected chi connectivity index (χ0v) is 17.9. The third kappa shape index (κ3) is 3.88. The number of benzene rings is 1. The van der Waals surface area contributed by atoms with Crippen LogP contribution in [0.2, 0.25) is 0 Å². The van der Waals surface area contributed by atoms with Gasteiger partial charge in [-0.2, -0.15) is 8.42 Å². The molecule has 160 valence electrons. The summed E-state index contributed by atoms with van der Waals surface area (Å²) in [7, 11) is -2.33. The van der Waals surface area contributed by atoms with Gasteiger partial charge in [-0.25, -0.2) is 9.78 Å². The molecule has 0 amide bonds. The number of aromatic hydroxyl groups is 1. The molecule has 30 heavy (non-hydrogen) atoms. The van der Waals surface area contributed by atoms with Crippen molar-refractivity contribution in [2.75, 3.05) is 4.72 Å². The number of ketones is 1. The van der Waals surface area contributed by atoms with E-state index in [9.17, 15) is 23.1 Å². The van der Waals surface area contributed by atoms with Gasteiger partial charge in [0, 0.05) is 18.6 Å². The predicted molar refractivity (Wildman–Crippen MR) is 109 cm³/mol. The number of carbonyl (C=O) groups is 2. The second-order valence-corrected chi connectivity index (χ2v) is 9.52. The minimum Gasteiger partial charge on any atom is -0.492 e. The summed E-state index contributed by atoms with van der Waals surface area (Å²) < 4.78 is 29.8. The third-order valence-electron chi connectivity index (χ3n) is 4.25. The highest BCUT2D eigenvalue weighted by molar-refractivity contribution is 7.92. The second-order valence-electron chi connectivity index (χ2n) is 7.89. The summed E-state index contributed by atoms with van der Waals surface area (Å²) in [6.07, 6.45) is 2.69. The van der Waals surface area contributed by atoms with E-state index >= 15 is 0 Å². The summed E-state index contributed by atoms with van der Waals surface area (Å²) in [5.41, 5.74) is -0.631. The molecule has 2 N–H and O–H groups in total. The van der Waals surface area contributed by atoms with Crippen molar-refractivity contribution in [3.05, 3.63) is 36.3 Å². The molecule has 0 aliphatic heterocycles. The number of carbonyl (C=O) groups excluding carboxylic acids is 2. The molecule has 2 heterocycles. The highest BCUT2D eigenvalue weighted by atomic mass is 32.2. The third-order valence-corrected chi connectivity index (χ3v) is 5.52. The number of sulfonamides is 1. The summed E-state index contributed by atoms with van der Waals surface area (Å²) in [5, 5.41) is 10.6. The van der Waals surface area contributed by atoms with Crippen molar-refractivity contribution in [3.63, 3.8) is 0 Å². The molecule has 0 unspecified atom stereocenters. The van der Waals surface area contributed by atoms with E-state index in [2.05, 4.69) is 9.71 Å². The van der Waals surface area contributed by atoms with E-state index in [1.165, 1.54) is 42.2 Å². The van der Waals surface area contributed by atoms with Crippen molar-refractivity contribution in [1.29, 1.82) is 0 Å². The van der Waals surface area contributed by atoms with Crippen LogP contribution in [-0.4, -0.2) is 39.6 Å². The summed E-state index contributed by atoms with van der Waals surface area (Å²) in [4.78, 5) is 33.5. The minimum absolute atomic E-state index is 0.0363. The van der Waals surface area contributed by atoms with Gasteiger partial charge in [0.25, 0.3) is 10.0 Å². The first-order valence-corrected chi connectivity index (χ1v) is 10.4. The SMILES string of the molecule is CC(=O)c1c(O)n(OC(=O)C(C)(C)C)c2cc(NS(=O)(=O)c3cn(C)cn3)ccc12. The van der Waals surface area contributed by atoms with E-state index in [0.29, 0.717) is 5.39 Å². The van der Waals surface area contributed by atoms with Crippen molar-refractivity contribution in [2.24, 2.45) is 12.5 Å². The lowest BCUT2D eigenvalue weighted by molar-refractivity contribution is -0.153. The number of aromatic nitrogens is 3. The largest absolute Gasteiger partial charge is 0.492 e. The first-order valence-electron chi connectivity index (χ1n) is 8.93.